The molecule has 0 radical (unpaired) electrons. The predicted octanol–water partition coefficient (Wildman–Crippen LogP) is 1.01. The van der Waals surface area contributed by atoms with Crippen LogP contribution in [-0.2, 0) is 9.59 Å². The van der Waals surface area contributed by atoms with Gasteiger partial charge in [-0.05, 0) is 19.8 Å². The van der Waals surface area contributed by atoms with Crippen molar-refractivity contribution in [2.75, 3.05) is 6.54 Å². The van der Waals surface area contributed by atoms with Crippen LogP contribution in [0.4, 0.5) is 13.2 Å². The number of hydrogen-bond donors (Lipinski definition) is 1. The summed E-state index contributed by atoms with van der Waals surface area (Å²) < 4.78 is 36.4. The van der Waals surface area contributed by atoms with Crippen LogP contribution in [0.3, 0.4) is 0 Å². The summed E-state index contributed by atoms with van der Waals surface area (Å²) in [6.45, 7) is 0.965. The highest BCUT2D eigenvalue weighted by atomic mass is 19.4. The summed E-state index contributed by atoms with van der Waals surface area (Å²) in [6, 6.07) is 0. The van der Waals surface area contributed by atoms with Gasteiger partial charge in [0.05, 0.1) is 0 Å². The van der Waals surface area contributed by atoms with E-state index in [-0.39, 0.29) is 19.4 Å². The molecule has 4 nitrogen and oxygen atoms in total. The van der Waals surface area contributed by atoms with Crippen molar-refractivity contribution < 1.29 is 27.9 Å². The molecule has 0 bridgehead atoms. The molecule has 1 saturated heterocycles. The fourth-order valence-electron chi connectivity index (χ4n) is 1.66. The van der Waals surface area contributed by atoms with Crippen LogP contribution < -0.4 is 0 Å². The number of carbonyl (C=O) groups excluding carboxylic acids is 1. The van der Waals surface area contributed by atoms with E-state index in [9.17, 15) is 22.8 Å². The highest BCUT2D eigenvalue weighted by molar-refractivity contribution is 5.90. The maximum Gasteiger partial charge on any atom is 0.471 e. The highest BCUT2D eigenvalue weighted by Gasteiger charge is 2.53. The minimum Gasteiger partial charge on any atom is -0.480 e. The van der Waals surface area contributed by atoms with Crippen LogP contribution in [-0.4, -0.2) is 40.1 Å². The van der Waals surface area contributed by atoms with Crippen molar-refractivity contribution in [3.8, 4) is 0 Å². The van der Waals surface area contributed by atoms with Gasteiger partial charge < -0.3 is 10.0 Å². The lowest BCUT2D eigenvalue weighted by Crippen LogP contribution is -2.54. The van der Waals surface area contributed by atoms with E-state index in [1.54, 1.807) is 0 Å². The lowest BCUT2D eigenvalue weighted by atomic mass is 9.99. The Kier molecular flexibility index (Phi) is 2.67. The Morgan fingerprint density at radius 3 is 2.33 bits per heavy atom. The second-order valence-electron chi connectivity index (χ2n) is 3.64. The van der Waals surface area contributed by atoms with Crippen LogP contribution in [0.25, 0.3) is 0 Å². The summed E-state index contributed by atoms with van der Waals surface area (Å²) in [6.07, 6.45) is -4.70. The fraction of sp³-hybridized carbons (Fsp3) is 0.750. The van der Waals surface area contributed by atoms with Crippen molar-refractivity contribution in [2.24, 2.45) is 0 Å². The monoisotopic (exact) mass is 225 g/mol. The smallest absolute Gasteiger partial charge is 0.471 e. The number of carboxylic acid groups (broad SMARTS) is 1. The molecule has 1 fully saturated rings. The molecule has 1 rings (SSSR count). The van der Waals surface area contributed by atoms with Gasteiger partial charge in [0.15, 0.2) is 0 Å². The van der Waals surface area contributed by atoms with Crippen LogP contribution in [0.2, 0.25) is 0 Å². The summed E-state index contributed by atoms with van der Waals surface area (Å²) >= 11 is 0. The summed E-state index contributed by atoms with van der Waals surface area (Å²) in [7, 11) is 0. The number of nitrogens with zero attached hydrogens (tertiary/aromatic N) is 1. The van der Waals surface area contributed by atoms with Crippen molar-refractivity contribution in [1.82, 2.24) is 4.90 Å². The van der Waals surface area contributed by atoms with E-state index >= 15 is 0 Å². The van der Waals surface area contributed by atoms with Crippen LogP contribution >= 0.6 is 0 Å². The number of amides is 1. The van der Waals surface area contributed by atoms with Crippen LogP contribution in [0, 0.1) is 0 Å². The van der Waals surface area contributed by atoms with Gasteiger partial charge in [0.2, 0.25) is 0 Å². The molecule has 0 aromatic rings. The number of rotatable bonds is 1. The van der Waals surface area contributed by atoms with Gasteiger partial charge >= 0.3 is 18.1 Å². The van der Waals surface area contributed by atoms with Gasteiger partial charge in [-0.1, -0.05) is 0 Å². The van der Waals surface area contributed by atoms with E-state index in [1.165, 1.54) is 0 Å². The predicted molar refractivity (Wildman–Crippen MR) is 43.0 cm³/mol. The molecule has 0 spiro atoms. The molecule has 1 aliphatic rings. The van der Waals surface area contributed by atoms with E-state index in [0.29, 0.717) is 4.90 Å². The van der Waals surface area contributed by atoms with Crippen LogP contribution in [0.1, 0.15) is 19.8 Å². The average molecular weight is 225 g/mol. The molecule has 86 valence electrons. The van der Waals surface area contributed by atoms with Gasteiger partial charge in [-0.25, -0.2) is 4.79 Å². The van der Waals surface area contributed by atoms with Gasteiger partial charge in [0.1, 0.15) is 5.54 Å². The first kappa shape index (κ1) is 11.8. The Hall–Kier alpha value is -1.27. The molecule has 1 aliphatic heterocycles. The molecule has 1 amide bonds. The SMILES string of the molecule is CC1(C(=O)O)CCCN1C(=O)C(F)(F)F. The first-order valence-corrected chi connectivity index (χ1v) is 4.32. The molecule has 7 heteroatoms. The lowest BCUT2D eigenvalue weighted by Gasteiger charge is -2.31. The Balaban J connectivity index is 2.96. The molecular formula is C8H10F3NO3. The Labute approximate surface area is 83.7 Å². The first-order valence-electron chi connectivity index (χ1n) is 4.32. The Bertz CT molecular complexity index is 302. The first-order chi connectivity index (χ1) is 6.69. The number of aliphatic carboxylic acids is 1. The average Bonchev–Trinajstić information content (AvgIpc) is 2.45. The zero-order chi connectivity index (χ0) is 11.9. The maximum absolute atomic E-state index is 12.1. The number of carbonyl (C=O) groups is 2. The van der Waals surface area contributed by atoms with E-state index in [0.717, 1.165) is 6.92 Å². The minimum absolute atomic E-state index is 0.0458. The quantitative estimate of drug-likeness (QED) is 0.724. The molecular weight excluding hydrogens is 215 g/mol. The van der Waals surface area contributed by atoms with Gasteiger partial charge in [0.25, 0.3) is 0 Å². The molecule has 0 aliphatic carbocycles. The number of carboxylic acids is 1. The molecule has 0 aromatic heterocycles. The summed E-state index contributed by atoms with van der Waals surface area (Å²) in [4.78, 5) is 22.1. The van der Waals surface area contributed by atoms with Crippen LogP contribution in [0.5, 0.6) is 0 Å². The van der Waals surface area contributed by atoms with E-state index in [4.69, 9.17) is 5.11 Å². The van der Waals surface area contributed by atoms with Crippen molar-refractivity contribution in [3.63, 3.8) is 0 Å². The van der Waals surface area contributed by atoms with Crippen molar-refractivity contribution in [1.29, 1.82) is 0 Å². The molecule has 15 heavy (non-hydrogen) atoms. The number of alkyl halides is 3. The standard InChI is InChI=1S/C8H10F3NO3/c1-7(6(14)15)3-2-4-12(7)5(13)8(9,10)11/h2-4H2,1H3,(H,14,15). The summed E-state index contributed by atoms with van der Waals surface area (Å²) in [5.41, 5.74) is -1.73. The number of halogens is 3. The van der Waals surface area contributed by atoms with E-state index in [1.807, 2.05) is 0 Å². The zero-order valence-electron chi connectivity index (χ0n) is 7.97. The molecule has 1 atom stereocenters. The molecule has 0 saturated carbocycles. The van der Waals surface area contributed by atoms with Gasteiger partial charge in [-0.2, -0.15) is 13.2 Å². The molecule has 1 unspecified atom stereocenters. The lowest BCUT2D eigenvalue weighted by molar-refractivity contribution is -0.191. The van der Waals surface area contributed by atoms with Gasteiger partial charge in [-0.3, -0.25) is 4.79 Å². The highest BCUT2D eigenvalue weighted by Crippen LogP contribution is 2.33. The number of likely N-dealkylation sites (tertiary alicyclic amines) is 1. The Morgan fingerprint density at radius 2 is 1.93 bits per heavy atom. The topological polar surface area (TPSA) is 57.6 Å². The largest absolute Gasteiger partial charge is 0.480 e. The fourth-order valence-corrected chi connectivity index (χ4v) is 1.66. The van der Waals surface area contributed by atoms with E-state index < -0.39 is 23.6 Å². The Morgan fingerprint density at radius 1 is 1.40 bits per heavy atom. The molecule has 1 heterocycles. The third-order valence-electron chi connectivity index (χ3n) is 2.59. The maximum atomic E-state index is 12.1. The minimum atomic E-state index is -5.01. The zero-order valence-corrected chi connectivity index (χ0v) is 7.97. The van der Waals surface area contributed by atoms with Gasteiger partial charge in [-0.15, -0.1) is 0 Å². The van der Waals surface area contributed by atoms with Crippen molar-refractivity contribution >= 4 is 11.9 Å². The molecule has 1 N–H and O–H groups in total. The normalized spacial score (nSPS) is 26.8. The van der Waals surface area contributed by atoms with Gasteiger partial charge in [0, 0.05) is 6.54 Å². The second kappa shape index (κ2) is 3.39. The summed E-state index contributed by atoms with van der Waals surface area (Å²) in [5, 5.41) is 8.80. The third-order valence-corrected chi connectivity index (χ3v) is 2.59. The third kappa shape index (κ3) is 1.91. The van der Waals surface area contributed by atoms with Crippen LogP contribution in [0.15, 0.2) is 0 Å². The molecule has 0 aromatic carbocycles. The van der Waals surface area contributed by atoms with Crippen molar-refractivity contribution in [2.45, 2.75) is 31.5 Å². The number of hydrogen-bond acceptors (Lipinski definition) is 2. The van der Waals surface area contributed by atoms with Crippen molar-refractivity contribution in [3.05, 3.63) is 0 Å². The van der Waals surface area contributed by atoms with E-state index in [2.05, 4.69) is 0 Å². The summed E-state index contributed by atoms with van der Waals surface area (Å²) in [5.74, 6) is -3.48. The second-order valence-corrected chi connectivity index (χ2v) is 3.64.